The number of nitrogens with zero attached hydrogens (tertiary/aromatic N) is 1. The molecular weight excluding hydrogens is 507 g/mol. The van der Waals surface area contributed by atoms with Gasteiger partial charge >= 0.3 is 0 Å². The second kappa shape index (κ2) is 14.5. The fourth-order valence-corrected chi connectivity index (χ4v) is 7.49. The Morgan fingerprint density at radius 1 is 0.710 bits per heavy atom. The first-order valence-electron chi connectivity index (χ1n) is 10.4. The maximum absolute atomic E-state index is 5.81. The van der Waals surface area contributed by atoms with E-state index in [0.29, 0.717) is 0 Å². The van der Waals surface area contributed by atoms with Gasteiger partial charge in [0.1, 0.15) is 4.74 Å². The van der Waals surface area contributed by atoms with Crippen LogP contribution in [0.15, 0.2) is 60.7 Å². The predicted octanol–water partition coefficient (Wildman–Crippen LogP) is 5.95. The SMILES string of the molecule is C1CCOCC1.CP(=S)(c1ccccc1)N1CCOCC1.S=P(Cl)(Cl)c1ccccc1. The first-order valence-corrected chi connectivity index (χ1v) is 18.2. The molecule has 4 rings (SSSR count). The zero-order chi connectivity index (χ0) is 22.6. The van der Waals surface area contributed by atoms with Crippen molar-refractivity contribution in [3.63, 3.8) is 0 Å². The molecule has 0 amide bonds. The molecule has 1 unspecified atom stereocenters. The van der Waals surface area contributed by atoms with E-state index in [-0.39, 0.29) is 0 Å². The van der Waals surface area contributed by atoms with E-state index in [4.69, 9.17) is 55.6 Å². The summed E-state index contributed by atoms with van der Waals surface area (Å²) < 4.78 is 10.6. The van der Waals surface area contributed by atoms with Gasteiger partial charge in [0.05, 0.1) is 13.2 Å². The average Bonchev–Trinajstić information content (AvgIpc) is 2.82. The van der Waals surface area contributed by atoms with Gasteiger partial charge in [0.15, 0.2) is 0 Å². The van der Waals surface area contributed by atoms with Crippen LogP contribution in [0.4, 0.5) is 0 Å². The molecule has 2 saturated heterocycles. The third kappa shape index (κ3) is 10.3. The summed E-state index contributed by atoms with van der Waals surface area (Å²) in [5.74, 6) is 0. The van der Waals surface area contributed by atoms with Crippen molar-refractivity contribution in [2.75, 3.05) is 46.2 Å². The van der Waals surface area contributed by atoms with Crippen molar-refractivity contribution in [1.29, 1.82) is 0 Å². The molecule has 9 heteroatoms. The van der Waals surface area contributed by atoms with Gasteiger partial charge in [-0.15, -0.1) is 0 Å². The summed E-state index contributed by atoms with van der Waals surface area (Å²) in [6.07, 6.45) is 2.40. The Labute approximate surface area is 207 Å². The summed E-state index contributed by atoms with van der Waals surface area (Å²) in [4.78, 5) is 0. The first kappa shape index (κ1) is 27.4. The van der Waals surface area contributed by atoms with Gasteiger partial charge in [-0.2, -0.15) is 0 Å². The highest BCUT2D eigenvalue weighted by atomic mass is 35.9. The zero-order valence-electron chi connectivity index (χ0n) is 17.9. The second-order valence-corrected chi connectivity index (χ2v) is 20.1. The number of ether oxygens (including phenoxy) is 2. The van der Waals surface area contributed by atoms with Crippen LogP contribution in [0.3, 0.4) is 0 Å². The van der Waals surface area contributed by atoms with Crippen molar-refractivity contribution >= 4 is 67.6 Å². The Hall–Kier alpha value is 0.200. The van der Waals surface area contributed by atoms with Crippen molar-refractivity contribution in [3.8, 4) is 0 Å². The molecule has 0 radical (unpaired) electrons. The fourth-order valence-electron chi connectivity index (χ4n) is 3.09. The van der Waals surface area contributed by atoms with Crippen molar-refractivity contribution in [2.24, 2.45) is 0 Å². The number of benzene rings is 2. The number of morpholine rings is 1. The molecule has 0 bridgehead atoms. The topological polar surface area (TPSA) is 21.7 Å². The van der Waals surface area contributed by atoms with Crippen molar-refractivity contribution in [3.05, 3.63) is 60.7 Å². The van der Waals surface area contributed by atoms with Gasteiger partial charge < -0.3 is 9.47 Å². The van der Waals surface area contributed by atoms with Crippen molar-refractivity contribution in [1.82, 2.24) is 4.67 Å². The molecular formula is C22H31Cl2NO2P2S2. The van der Waals surface area contributed by atoms with Crippen LogP contribution in [0.1, 0.15) is 19.3 Å². The van der Waals surface area contributed by atoms with Crippen molar-refractivity contribution < 1.29 is 9.47 Å². The lowest BCUT2D eigenvalue weighted by Crippen LogP contribution is -2.36. The molecule has 0 saturated carbocycles. The minimum atomic E-state index is -2.24. The summed E-state index contributed by atoms with van der Waals surface area (Å²) in [6, 6.07) is 19.8. The molecule has 0 aliphatic carbocycles. The van der Waals surface area contributed by atoms with E-state index in [0.717, 1.165) is 44.8 Å². The standard InChI is InChI=1S/C11H16NOPS.C6H5Cl2PS.C5H10O/c1-14(15,11-5-3-2-4-6-11)12-7-9-13-10-8-12;7-9(8,10)6-4-2-1-3-5-6;1-2-4-6-5-3-1/h2-6H,7-10H2,1H3;1-5H;1-5H2. The zero-order valence-corrected chi connectivity index (χ0v) is 22.8. The highest BCUT2D eigenvalue weighted by Crippen LogP contribution is 2.55. The van der Waals surface area contributed by atoms with Crippen LogP contribution in [0.5, 0.6) is 0 Å². The highest BCUT2D eigenvalue weighted by molar-refractivity contribution is 8.42. The number of hydrogen-bond donors (Lipinski definition) is 0. The van der Waals surface area contributed by atoms with Crippen LogP contribution < -0.4 is 10.6 Å². The lowest BCUT2D eigenvalue weighted by atomic mass is 10.2. The van der Waals surface area contributed by atoms with Gasteiger partial charge in [0.2, 0.25) is 0 Å². The van der Waals surface area contributed by atoms with Gasteiger partial charge in [-0.3, -0.25) is 4.67 Å². The van der Waals surface area contributed by atoms with Crippen molar-refractivity contribution in [2.45, 2.75) is 19.3 Å². The van der Waals surface area contributed by atoms with E-state index in [1.165, 1.54) is 24.6 Å². The van der Waals surface area contributed by atoms with E-state index in [1.54, 1.807) is 0 Å². The van der Waals surface area contributed by atoms with E-state index in [9.17, 15) is 0 Å². The normalized spacial score (nSPS) is 19.1. The number of halogens is 2. The van der Waals surface area contributed by atoms with Crippen LogP contribution in [-0.4, -0.2) is 50.9 Å². The molecule has 172 valence electrons. The summed E-state index contributed by atoms with van der Waals surface area (Å²) >= 11 is 22.2. The van der Waals surface area contributed by atoms with E-state index >= 15 is 0 Å². The van der Waals surface area contributed by atoms with Crippen LogP contribution in [0, 0.1) is 0 Å². The third-order valence-corrected chi connectivity index (χ3v) is 11.7. The number of rotatable bonds is 3. The quantitative estimate of drug-likeness (QED) is 0.449. The largest absolute Gasteiger partial charge is 0.381 e. The van der Waals surface area contributed by atoms with Gasteiger partial charge in [-0.25, -0.2) is 0 Å². The lowest BCUT2D eigenvalue weighted by molar-refractivity contribution is 0.0752. The maximum Gasteiger partial charge on any atom is 0.147 e. The minimum Gasteiger partial charge on any atom is -0.381 e. The molecule has 2 aromatic carbocycles. The molecule has 3 nitrogen and oxygen atoms in total. The van der Waals surface area contributed by atoms with E-state index < -0.39 is 10.9 Å². The van der Waals surface area contributed by atoms with Gasteiger partial charge in [-0.1, -0.05) is 107 Å². The Morgan fingerprint density at radius 3 is 1.52 bits per heavy atom. The summed E-state index contributed by atoms with van der Waals surface area (Å²) in [6.45, 7) is 7.80. The van der Waals surface area contributed by atoms with Crippen LogP contribution in [-0.2, 0) is 33.1 Å². The Kier molecular flexibility index (Phi) is 12.8. The lowest BCUT2D eigenvalue weighted by Gasteiger charge is -2.35. The van der Waals surface area contributed by atoms with Gasteiger partial charge in [0, 0.05) is 37.8 Å². The second-order valence-electron chi connectivity index (χ2n) is 7.25. The molecule has 0 spiro atoms. The van der Waals surface area contributed by atoms with Crippen LogP contribution >= 0.6 is 33.4 Å². The number of hydrogen-bond acceptors (Lipinski definition) is 4. The Balaban J connectivity index is 0.000000183. The molecule has 1 atom stereocenters. The van der Waals surface area contributed by atoms with Gasteiger partial charge in [0.25, 0.3) is 0 Å². The first-order chi connectivity index (χ1) is 14.8. The smallest absolute Gasteiger partial charge is 0.147 e. The van der Waals surface area contributed by atoms with Gasteiger partial charge in [-0.05, 0) is 31.2 Å². The Morgan fingerprint density at radius 2 is 1.16 bits per heavy atom. The molecule has 31 heavy (non-hydrogen) atoms. The summed E-state index contributed by atoms with van der Waals surface area (Å²) in [7, 11) is 0. The summed E-state index contributed by atoms with van der Waals surface area (Å²) in [5, 5.41) is 2.16. The minimum absolute atomic E-state index is 0.819. The third-order valence-electron chi connectivity index (χ3n) is 4.90. The predicted molar refractivity (Wildman–Crippen MR) is 145 cm³/mol. The molecule has 2 aromatic rings. The summed E-state index contributed by atoms with van der Waals surface area (Å²) in [5.41, 5.74) is 0. The van der Waals surface area contributed by atoms with E-state index in [2.05, 4.69) is 35.6 Å². The van der Waals surface area contributed by atoms with Crippen LogP contribution in [0.25, 0.3) is 0 Å². The molecule has 0 aromatic heterocycles. The highest BCUT2D eigenvalue weighted by Gasteiger charge is 2.24. The maximum atomic E-state index is 5.81. The molecule has 2 aliphatic rings. The molecule has 2 aliphatic heterocycles. The van der Waals surface area contributed by atoms with E-state index in [1.807, 2.05) is 36.4 Å². The molecule has 2 fully saturated rings. The molecule has 0 N–H and O–H groups in total. The average molecular weight is 538 g/mol. The Bertz CT molecular complexity index is 832. The monoisotopic (exact) mass is 537 g/mol. The fraction of sp³-hybridized carbons (Fsp3) is 0.455. The van der Waals surface area contributed by atoms with Crippen LogP contribution in [0.2, 0.25) is 0 Å². The molecule has 2 heterocycles.